The number of anilines is 1. The predicted octanol–water partition coefficient (Wildman–Crippen LogP) is 2.58. The van der Waals surface area contributed by atoms with Gasteiger partial charge in [0.1, 0.15) is 11.3 Å². The van der Waals surface area contributed by atoms with Gasteiger partial charge in [0.2, 0.25) is 10.0 Å². The number of hydrogen-bond donors (Lipinski definition) is 1. The number of nitrogens with one attached hydrogen (secondary N) is 1. The SMILES string of the molecule is CCc1noc(C)c1C(=O)Nc1cccc(S(=O)(=O)N2CCCC2)c1. The van der Waals surface area contributed by atoms with Crippen molar-refractivity contribution in [3.05, 3.63) is 41.3 Å². The normalized spacial score (nSPS) is 15.4. The van der Waals surface area contributed by atoms with Crippen LogP contribution in [0.25, 0.3) is 0 Å². The van der Waals surface area contributed by atoms with Crippen molar-refractivity contribution in [1.29, 1.82) is 0 Å². The number of sulfonamides is 1. The number of hydrogen-bond acceptors (Lipinski definition) is 5. The monoisotopic (exact) mass is 363 g/mol. The highest BCUT2D eigenvalue weighted by molar-refractivity contribution is 7.89. The van der Waals surface area contributed by atoms with Crippen molar-refractivity contribution in [2.45, 2.75) is 38.0 Å². The Bertz CT molecular complexity index is 883. The van der Waals surface area contributed by atoms with Gasteiger partial charge in [-0.05, 0) is 44.4 Å². The summed E-state index contributed by atoms with van der Waals surface area (Å²) in [6, 6.07) is 6.32. The molecule has 25 heavy (non-hydrogen) atoms. The van der Waals surface area contributed by atoms with Gasteiger partial charge in [-0.25, -0.2) is 8.42 Å². The lowest BCUT2D eigenvalue weighted by Gasteiger charge is -2.16. The van der Waals surface area contributed by atoms with Crippen molar-refractivity contribution in [1.82, 2.24) is 9.46 Å². The molecule has 134 valence electrons. The molecule has 1 aliphatic rings. The van der Waals surface area contributed by atoms with Crippen molar-refractivity contribution in [2.75, 3.05) is 18.4 Å². The minimum atomic E-state index is -3.52. The maximum Gasteiger partial charge on any atom is 0.261 e. The Balaban J connectivity index is 1.85. The number of aryl methyl sites for hydroxylation is 2. The van der Waals surface area contributed by atoms with Crippen LogP contribution in [-0.4, -0.2) is 36.9 Å². The Labute approximate surface area is 147 Å². The maximum atomic E-state index is 12.6. The van der Waals surface area contributed by atoms with Gasteiger partial charge in [0.25, 0.3) is 5.91 Å². The zero-order chi connectivity index (χ0) is 18.0. The third-order valence-corrected chi connectivity index (χ3v) is 6.18. The Kier molecular flexibility index (Phi) is 4.91. The molecule has 7 nitrogen and oxygen atoms in total. The number of nitrogens with zero attached hydrogens (tertiary/aromatic N) is 2. The van der Waals surface area contributed by atoms with Crippen molar-refractivity contribution in [3.63, 3.8) is 0 Å². The Morgan fingerprint density at radius 2 is 2.04 bits per heavy atom. The molecule has 1 aliphatic heterocycles. The summed E-state index contributed by atoms with van der Waals surface area (Å²) in [7, 11) is -3.52. The van der Waals surface area contributed by atoms with Crippen LogP contribution >= 0.6 is 0 Å². The lowest BCUT2D eigenvalue weighted by molar-refractivity contribution is 0.102. The van der Waals surface area contributed by atoms with Crippen molar-refractivity contribution < 1.29 is 17.7 Å². The van der Waals surface area contributed by atoms with Gasteiger partial charge in [-0.15, -0.1) is 0 Å². The van der Waals surface area contributed by atoms with Gasteiger partial charge in [0.05, 0.1) is 10.6 Å². The van der Waals surface area contributed by atoms with E-state index in [1.165, 1.54) is 10.4 Å². The Hall–Kier alpha value is -2.19. The number of amides is 1. The zero-order valence-corrected chi connectivity index (χ0v) is 15.1. The van der Waals surface area contributed by atoms with Crippen LogP contribution in [0.3, 0.4) is 0 Å². The van der Waals surface area contributed by atoms with E-state index in [9.17, 15) is 13.2 Å². The van der Waals surface area contributed by atoms with Crippen LogP contribution in [0.2, 0.25) is 0 Å². The van der Waals surface area contributed by atoms with Crippen LogP contribution in [0.4, 0.5) is 5.69 Å². The van der Waals surface area contributed by atoms with E-state index in [2.05, 4.69) is 10.5 Å². The van der Waals surface area contributed by atoms with Crippen LogP contribution in [0, 0.1) is 6.92 Å². The number of carbonyl (C=O) groups excluding carboxylic acids is 1. The molecule has 0 bridgehead atoms. The maximum absolute atomic E-state index is 12.6. The van der Waals surface area contributed by atoms with Gasteiger partial charge in [0.15, 0.2) is 0 Å². The molecule has 0 atom stereocenters. The van der Waals surface area contributed by atoms with E-state index in [4.69, 9.17) is 4.52 Å². The molecular weight excluding hydrogens is 342 g/mol. The molecule has 0 spiro atoms. The molecule has 1 N–H and O–H groups in total. The molecule has 0 radical (unpaired) electrons. The van der Waals surface area contributed by atoms with Gasteiger partial charge in [-0.2, -0.15) is 4.31 Å². The summed E-state index contributed by atoms with van der Waals surface area (Å²) in [4.78, 5) is 12.7. The Morgan fingerprint density at radius 3 is 2.72 bits per heavy atom. The average molecular weight is 363 g/mol. The molecule has 1 amide bonds. The second kappa shape index (κ2) is 6.97. The van der Waals surface area contributed by atoms with E-state index < -0.39 is 10.0 Å². The highest BCUT2D eigenvalue weighted by Crippen LogP contribution is 2.24. The van der Waals surface area contributed by atoms with E-state index in [-0.39, 0.29) is 10.8 Å². The van der Waals surface area contributed by atoms with Gasteiger partial charge in [0, 0.05) is 18.8 Å². The highest BCUT2D eigenvalue weighted by Gasteiger charge is 2.27. The van der Waals surface area contributed by atoms with Crippen LogP contribution in [0.5, 0.6) is 0 Å². The standard InChI is InChI=1S/C17H21N3O4S/c1-3-15-16(12(2)24-19-15)17(21)18-13-7-6-8-14(11-13)25(22,23)20-9-4-5-10-20/h6-8,11H,3-5,9-10H2,1-2H3,(H,18,21). The summed E-state index contributed by atoms with van der Waals surface area (Å²) >= 11 is 0. The van der Waals surface area contributed by atoms with Crippen LogP contribution < -0.4 is 5.32 Å². The highest BCUT2D eigenvalue weighted by atomic mass is 32.2. The number of rotatable bonds is 5. The first-order valence-corrected chi connectivity index (χ1v) is 9.74. The minimum Gasteiger partial charge on any atom is -0.361 e. The molecule has 0 aliphatic carbocycles. The first kappa shape index (κ1) is 17.6. The largest absolute Gasteiger partial charge is 0.361 e. The minimum absolute atomic E-state index is 0.185. The quantitative estimate of drug-likeness (QED) is 0.881. The fraction of sp³-hybridized carbons (Fsp3) is 0.412. The molecule has 0 saturated carbocycles. The van der Waals surface area contributed by atoms with Crippen molar-refractivity contribution in [3.8, 4) is 0 Å². The average Bonchev–Trinajstić information content (AvgIpc) is 3.24. The van der Waals surface area contributed by atoms with Crippen LogP contribution in [0.1, 0.15) is 41.6 Å². The topological polar surface area (TPSA) is 92.5 Å². The van der Waals surface area contributed by atoms with Gasteiger partial charge in [-0.1, -0.05) is 18.1 Å². The zero-order valence-electron chi connectivity index (χ0n) is 14.3. The number of aromatic nitrogens is 1. The molecule has 1 aromatic carbocycles. The molecule has 3 rings (SSSR count). The second-order valence-electron chi connectivity index (χ2n) is 6.01. The van der Waals surface area contributed by atoms with Crippen LogP contribution in [-0.2, 0) is 16.4 Å². The summed E-state index contributed by atoms with van der Waals surface area (Å²) in [5, 5.41) is 6.61. The van der Waals surface area contributed by atoms with Gasteiger partial charge < -0.3 is 9.84 Å². The molecule has 0 unspecified atom stereocenters. The lowest BCUT2D eigenvalue weighted by Crippen LogP contribution is -2.28. The van der Waals surface area contributed by atoms with E-state index >= 15 is 0 Å². The third kappa shape index (κ3) is 3.45. The van der Waals surface area contributed by atoms with E-state index in [1.54, 1.807) is 25.1 Å². The molecule has 2 heterocycles. The summed E-state index contributed by atoms with van der Waals surface area (Å²) < 4.78 is 31.8. The summed E-state index contributed by atoms with van der Waals surface area (Å²) in [5.74, 6) is 0.0847. The summed E-state index contributed by atoms with van der Waals surface area (Å²) in [5.41, 5.74) is 1.40. The van der Waals surface area contributed by atoms with E-state index in [0.29, 0.717) is 42.2 Å². The molecular formula is C17H21N3O4S. The van der Waals surface area contributed by atoms with E-state index in [0.717, 1.165) is 12.8 Å². The van der Waals surface area contributed by atoms with Gasteiger partial charge >= 0.3 is 0 Å². The molecule has 2 aromatic rings. The Morgan fingerprint density at radius 1 is 1.32 bits per heavy atom. The first-order valence-electron chi connectivity index (χ1n) is 8.30. The van der Waals surface area contributed by atoms with Crippen molar-refractivity contribution >= 4 is 21.6 Å². The number of carbonyl (C=O) groups is 1. The summed E-state index contributed by atoms with van der Waals surface area (Å²) in [6.07, 6.45) is 2.33. The second-order valence-corrected chi connectivity index (χ2v) is 7.95. The third-order valence-electron chi connectivity index (χ3n) is 4.29. The predicted molar refractivity (Wildman–Crippen MR) is 93.0 cm³/mol. The molecule has 8 heteroatoms. The lowest BCUT2D eigenvalue weighted by atomic mass is 10.1. The molecule has 1 saturated heterocycles. The molecule has 1 aromatic heterocycles. The fourth-order valence-corrected chi connectivity index (χ4v) is 4.52. The fourth-order valence-electron chi connectivity index (χ4n) is 2.96. The van der Waals surface area contributed by atoms with Gasteiger partial charge in [-0.3, -0.25) is 4.79 Å². The smallest absolute Gasteiger partial charge is 0.261 e. The van der Waals surface area contributed by atoms with Crippen LogP contribution in [0.15, 0.2) is 33.7 Å². The number of benzene rings is 1. The van der Waals surface area contributed by atoms with E-state index in [1.807, 2.05) is 6.92 Å². The molecule has 1 fully saturated rings. The first-order chi connectivity index (χ1) is 11.9. The van der Waals surface area contributed by atoms with Crippen molar-refractivity contribution in [2.24, 2.45) is 0 Å². The summed E-state index contributed by atoms with van der Waals surface area (Å²) in [6.45, 7) is 4.64.